The second kappa shape index (κ2) is 2.33. The van der Waals surface area contributed by atoms with Crippen molar-refractivity contribution >= 4 is 0 Å². The highest BCUT2D eigenvalue weighted by molar-refractivity contribution is 5.10. The predicted molar refractivity (Wildman–Crippen MR) is 38.2 cm³/mol. The topological polar surface area (TPSA) is 38.0 Å². The molecule has 3 nitrogen and oxygen atoms in total. The number of aromatic nitrogens is 2. The first-order chi connectivity index (χ1) is 4.61. The van der Waals surface area contributed by atoms with E-state index in [1.807, 2.05) is 26.8 Å². The highest BCUT2D eigenvalue weighted by atomic mass is 16.5. The normalized spacial score (nSPS) is 10.8. The summed E-state index contributed by atoms with van der Waals surface area (Å²) in [7, 11) is 0. The Labute approximate surface area is 60.2 Å². The summed E-state index contributed by atoms with van der Waals surface area (Å²) in [6.07, 6.45) is 0. The molecule has 0 bridgehead atoms. The first-order valence-electron chi connectivity index (χ1n) is 3.37. The fourth-order valence-electron chi connectivity index (χ4n) is 0.771. The minimum atomic E-state index is 0.382. The van der Waals surface area contributed by atoms with Gasteiger partial charge in [-0.2, -0.15) is 0 Å². The second-order valence-corrected chi connectivity index (χ2v) is 2.75. The maximum absolute atomic E-state index is 8.99. The van der Waals surface area contributed by atoms with Gasteiger partial charge in [0.15, 0.2) is 0 Å². The van der Waals surface area contributed by atoms with Gasteiger partial charge in [-0.25, -0.2) is 0 Å². The standard InChI is InChI=1S/C7H12N2O/c1-5(2)7-4-6(3)9(10)8-7/h4-5,10H,1-3H3. The van der Waals surface area contributed by atoms with Gasteiger partial charge >= 0.3 is 0 Å². The summed E-state index contributed by atoms with van der Waals surface area (Å²) in [5, 5.41) is 12.9. The van der Waals surface area contributed by atoms with Crippen LogP contribution in [0, 0.1) is 6.92 Å². The van der Waals surface area contributed by atoms with Crippen LogP contribution >= 0.6 is 0 Å². The first kappa shape index (κ1) is 7.12. The number of aryl methyl sites for hydroxylation is 1. The van der Waals surface area contributed by atoms with Crippen LogP contribution in [-0.4, -0.2) is 15.2 Å². The molecule has 10 heavy (non-hydrogen) atoms. The third-order valence-electron chi connectivity index (χ3n) is 1.47. The van der Waals surface area contributed by atoms with E-state index in [2.05, 4.69) is 5.10 Å². The lowest BCUT2D eigenvalue weighted by Crippen LogP contribution is -1.96. The molecule has 56 valence electrons. The van der Waals surface area contributed by atoms with Crippen LogP contribution in [0.3, 0.4) is 0 Å². The van der Waals surface area contributed by atoms with Gasteiger partial charge in [0.25, 0.3) is 0 Å². The Kier molecular flexibility index (Phi) is 1.66. The average Bonchev–Trinajstić information content (AvgIpc) is 2.13. The van der Waals surface area contributed by atoms with Gasteiger partial charge in [0, 0.05) is 0 Å². The number of nitrogens with zero attached hydrogens (tertiary/aromatic N) is 2. The van der Waals surface area contributed by atoms with Crippen molar-refractivity contribution in [2.75, 3.05) is 0 Å². The van der Waals surface area contributed by atoms with Crippen LogP contribution in [0.15, 0.2) is 6.07 Å². The lowest BCUT2D eigenvalue weighted by molar-refractivity contribution is 0.141. The van der Waals surface area contributed by atoms with Crippen molar-refractivity contribution in [2.24, 2.45) is 0 Å². The Morgan fingerprint density at radius 2 is 2.20 bits per heavy atom. The summed E-state index contributed by atoms with van der Waals surface area (Å²) in [5.41, 5.74) is 1.71. The molecule has 0 aliphatic heterocycles. The highest BCUT2D eigenvalue weighted by Crippen LogP contribution is 2.12. The lowest BCUT2D eigenvalue weighted by atomic mass is 10.1. The molecule has 0 radical (unpaired) electrons. The quantitative estimate of drug-likeness (QED) is 0.601. The fourth-order valence-corrected chi connectivity index (χ4v) is 0.771. The van der Waals surface area contributed by atoms with Gasteiger partial charge in [0.2, 0.25) is 0 Å². The highest BCUT2D eigenvalue weighted by Gasteiger charge is 2.05. The molecule has 0 saturated carbocycles. The van der Waals surface area contributed by atoms with Crippen molar-refractivity contribution in [1.29, 1.82) is 0 Å². The van der Waals surface area contributed by atoms with E-state index in [1.165, 1.54) is 0 Å². The molecule has 0 spiro atoms. The van der Waals surface area contributed by atoms with Crippen LogP contribution in [-0.2, 0) is 0 Å². The Morgan fingerprint density at radius 3 is 2.40 bits per heavy atom. The van der Waals surface area contributed by atoms with Gasteiger partial charge in [-0.05, 0) is 18.9 Å². The summed E-state index contributed by atoms with van der Waals surface area (Å²) in [6, 6.07) is 1.88. The Hall–Kier alpha value is -0.990. The van der Waals surface area contributed by atoms with Gasteiger partial charge in [-0.15, -0.1) is 9.94 Å². The molecule has 1 aromatic rings. The van der Waals surface area contributed by atoms with E-state index < -0.39 is 0 Å². The van der Waals surface area contributed by atoms with Gasteiger partial charge in [0.1, 0.15) is 0 Å². The molecule has 1 rings (SSSR count). The van der Waals surface area contributed by atoms with Crippen molar-refractivity contribution < 1.29 is 5.21 Å². The largest absolute Gasteiger partial charge is 0.411 e. The molecular formula is C7H12N2O. The van der Waals surface area contributed by atoms with Crippen molar-refractivity contribution in [1.82, 2.24) is 9.94 Å². The third kappa shape index (κ3) is 1.12. The number of hydrogen-bond acceptors (Lipinski definition) is 2. The minimum absolute atomic E-state index is 0.382. The van der Waals surface area contributed by atoms with E-state index in [0.29, 0.717) is 5.92 Å². The molecule has 0 unspecified atom stereocenters. The maximum atomic E-state index is 8.99. The fraction of sp³-hybridized carbons (Fsp3) is 0.571. The third-order valence-corrected chi connectivity index (χ3v) is 1.47. The van der Waals surface area contributed by atoms with Crippen molar-refractivity contribution in [2.45, 2.75) is 26.7 Å². The summed E-state index contributed by atoms with van der Waals surface area (Å²) in [4.78, 5) is 0.912. The molecule has 0 aliphatic carbocycles. The monoisotopic (exact) mass is 140 g/mol. The molecule has 3 heteroatoms. The molecule has 0 atom stereocenters. The smallest absolute Gasteiger partial charge is 0.0770 e. The molecule has 1 N–H and O–H groups in total. The molecular weight excluding hydrogens is 128 g/mol. The van der Waals surface area contributed by atoms with Gasteiger partial charge in [0.05, 0.1) is 11.4 Å². The van der Waals surface area contributed by atoms with Crippen molar-refractivity contribution in [3.63, 3.8) is 0 Å². The van der Waals surface area contributed by atoms with Gasteiger partial charge < -0.3 is 5.21 Å². The summed E-state index contributed by atoms with van der Waals surface area (Å²) in [5.74, 6) is 0.382. The van der Waals surface area contributed by atoms with E-state index in [4.69, 9.17) is 5.21 Å². The minimum Gasteiger partial charge on any atom is -0.411 e. The predicted octanol–water partition coefficient (Wildman–Crippen LogP) is 1.55. The van der Waals surface area contributed by atoms with E-state index in [9.17, 15) is 0 Å². The molecule has 0 saturated heterocycles. The van der Waals surface area contributed by atoms with Crippen LogP contribution in [0.4, 0.5) is 0 Å². The van der Waals surface area contributed by atoms with E-state index in [1.54, 1.807) is 0 Å². The Morgan fingerprint density at radius 1 is 1.60 bits per heavy atom. The molecule has 0 aromatic carbocycles. The molecule has 1 heterocycles. The van der Waals surface area contributed by atoms with E-state index in [0.717, 1.165) is 16.2 Å². The van der Waals surface area contributed by atoms with Gasteiger partial charge in [-0.3, -0.25) is 0 Å². The Balaban J connectivity index is 2.98. The summed E-state index contributed by atoms with van der Waals surface area (Å²) in [6.45, 7) is 5.91. The average molecular weight is 140 g/mol. The number of hydrogen-bond donors (Lipinski definition) is 1. The SMILES string of the molecule is Cc1cc(C(C)C)nn1O. The van der Waals surface area contributed by atoms with Crippen LogP contribution in [0.1, 0.15) is 31.2 Å². The zero-order chi connectivity index (χ0) is 7.72. The maximum Gasteiger partial charge on any atom is 0.0770 e. The van der Waals surface area contributed by atoms with Gasteiger partial charge in [-0.1, -0.05) is 13.8 Å². The van der Waals surface area contributed by atoms with Crippen molar-refractivity contribution in [3.8, 4) is 0 Å². The molecule has 1 aromatic heterocycles. The van der Waals surface area contributed by atoms with Crippen LogP contribution in [0.2, 0.25) is 0 Å². The summed E-state index contributed by atoms with van der Waals surface area (Å²) >= 11 is 0. The molecule has 0 aliphatic rings. The van der Waals surface area contributed by atoms with Crippen molar-refractivity contribution in [3.05, 3.63) is 17.5 Å². The Bertz CT molecular complexity index is 208. The van der Waals surface area contributed by atoms with Crippen LogP contribution in [0.5, 0.6) is 0 Å². The summed E-state index contributed by atoms with van der Waals surface area (Å²) < 4.78 is 0. The zero-order valence-electron chi connectivity index (χ0n) is 6.50. The van der Waals surface area contributed by atoms with E-state index in [-0.39, 0.29) is 0 Å². The first-order valence-corrected chi connectivity index (χ1v) is 3.37. The lowest BCUT2D eigenvalue weighted by Gasteiger charge is -1.94. The zero-order valence-corrected chi connectivity index (χ0v) is 6.50. The van der Waals surface area contributed by atoms with Crippen LogP contribution < -0.4 is 0 Å². The number of rotatable bonds is 1. The molecule has 0 fully saturated rings. The van der Waals surface area contributed by atoms with E-state index >= 15 is 0 Å². The van der Waals surface area contributed by atoms with Crippen LogP contribution in [0.25, 0.3) is 0 Å². The molecule has 0 amide bonds. The second-order valence-electron chi connectivity index (χ2n) is 2.75.